The van der Waals surface area contributed by atoms with Gasteiger partial charge in [0.2, 0.25) is 0 Å². The van der Waals surface area contributed by atoms with Crippen molar-refractivity contribution >= 4 is 33.2 Å². The molecule has 0 aromatic carbocycles. The molecule has 0 aliphatic carbocycles. The van der Waals surface area contributed by atoms with Crippen LogP contribution in [-0.4, -0.2) is 29.1 Å². The highest BCUT2D eigenvalue weighted by atomic mass is 79.9. The Morgan fingerprint density at radius 2 is 2.38 bits per heavy atom. The number of hydrogen-bond donors (Lipinski definition) is 1. The summed E-state index contributed by atoms with van der Waals surface area (Å²) in [4.78, 5) is 12.9. The minimum Gasteiger partial charge on any atom is -0.481 e. The Labute approximate surface area is 108 Å². The van der Waals surface area contributed by atoms with Gasteiger partial charge in [-0.05, 0) is 39.5 Å². The highest BCUT2D eigenvalue weighted by Crippen LogP contribution is 2.21. The van der Waals surface area contributed by atoms with Crippen LogP contribution in [0.2, 0.25) is 0 Å². The van der Waals surface area contributed by atoms with E-state index in [0.29, 0.717) is 6.54 Å². The van der Waals surface area contributed by atoms with E-state index >= 15 is 0 Å². The summed E-state index contributed by atoms with van der Waals surface area (Å²) in [5.41, 5.74) is 1.23. The Morgan fingerprint density at radius 1 is 1.69 bits per heavy atom. The van der Waals surface area contributed by atoms with Crippen LogP contribution in [-0.2, 0) is 11.3 Å². The van der Waals surface area contributed by atoms with Crippen LogP contribution in [0.3, 0.4) is 0 Å². The van der Waals surface area contributed by atoms with Gasteiger partial charge >= 0.3 is 5.97 Å². The Balaban J connectivity index is 2.52. The van der Waals surface area contributed by atoms with Crippen molar-refractivity contribution in [1.82, 2.24) is 4.90 Å². The van der Waals surface area contributed by atoms with Crippen molar-refractivity contribution in [3.05, 3.63) is 20.8 Å². The molecular weight excluding hydrogens is 290 g/mol. The molecule has 1 aromatic heterocycles. The second-order valence-electron chi connectivity index (χ2n) is 3.83. The fourth-order valence-electron chi connectivity index (χ4n) is 1.46. The molecule has 0 amide bonds. The number of carbonyl (C=O) groups is 1. The molecule has 1 rings (SSSR count). The zero-order valence-electron chi connectivity index (χ0n) is 9.44. The molecular formula is C11H16BrNO2S. The van der Waals surface area contributed by atoms with Gasteiger partial charge in [0.15, 0.2) is 0 Å². The molecule has 0 saturated heterocycles. The Morgan fingerprint density at radius 3 is 2.81 bits per heavy atom. The predicted molar refractivity (Wildman–Crippen MR) is 69.8 cm³/mol. The van der Waals surface area contributed by atoms with Gasteiger partial charge in [-0.2, -0.15) is 0 Å². The van der Waals surface area contributed by atoms with Crippen molar-refractivity contribution in [3.63, 3.8) is 0 Å². The van der Waals surface area contributed by atoms with Crippen molar-refractivity contribution in [2.75, 3.05) is 13.1 Å². The van der Waals surface area contributed by atoms with Gasteiger partial charge < -0.3 is 5.11 Å². The number of thiophene rings is 1. The molecule has 1 N–H and O–H groups in total. The number of carboxylic acid groups (broad SMARTS) is 1. The molecule has 1 heterocycles. The van der Waals surface area contributed by atoms with E-state index in [0.717, 1.165) is 16.9 Å². The van der Waals surface area contributed by atoms with Crippen molar-refractivity contribution in [2.45, 2.75) is 20.4 Å². The van der Waals surface area contributed by atoms with E-state index < -0.39 is 5.97 Å². The highest BCUT2D eigenvalue weighted by Gasteiger charge is 2.15. The van der Waals surface area contributed by atoms with Crippen LogP contribution in [0.4, 0.5) is 0 Å². The summed E-state index contributed by atoms with van der Waals surface area (Å²) in [5, 5.41) is 11.0. The summed E-state index contributed by atoms with van der Waals surface area (Å²) in [6.07, 6.45) is 0. The molecule has 0 aliphatic heterocycles. The summed E-state index contributed by atoms with van der Waals surface area (Å²) in [5.74, 6) is -1.05. The number of halogens is 1. The number of carboxylic acids is 1. The lowest BCUT2D eigenvalue weighted by Crippen LogP contribution is -2.31. The molecule has 0 saturated carbocycles. The lowest BCUT2D eigenvalue weighted by atomic mass is 10.1. The van der Waals surface area contributed by atoms with Gasteiger partial charge in [0.05, 0.1) is 9.70 Å². The summed E-state index contributed by atoms with van der Waals surface area (Å²) < 4.78 is 1.12. The Kier molecular flexibility index (Phi) is 5.44. The fourth-order valence-corrected chi connectivity index (χ4v) is 2.66. The standard InChI is InChI=1S/C11H16BrNO2S/c1-3-13(5-8(2)11(14)15)6-9-4-10(12)16-7-9/h4,7-8H,3,5-6H2,1-2H3,(H,14,15). The molecule has 1 aromatic rings. The lowest BCUT2D eigenvalue weighted by Gasteiger charge is -2.21. The SMILES string of the molecule is CCN(Cc1csc(Br)c1)CC(C)C(=O)O. The third-order valence-electron chi connectivity index (χ3n) is 2.43. The zero-order valence-corrected chi connectivity index (χ0v) is 11.8. The average molecular weight is 306 g/mol. The van der Waals surface area contributed by atoms with E-state index in [-0.39, 0.29) is 5.92 Å². The van der Waals surface area contributed by atoms with Crippen molar-refractivity contribution in [2.24, 2.45) is 5.92 Å². The second kappa shape index (κ2) is 6.37. The molecule has 0 aliphatic rings. The van der Waals surface area contributed by atoms with Gasteiger partial charge in [-0.3, -0.25) is 9.69 Å². The van der Waals surface area contributed by atoms with Crippen LogP contribution in [0, 0.1) is 5.92 Å². The van der Waals surface area contributed by atoms with Crippen LogP contribution in [0.5, 0.6) is 0 Å². The molecule has 3 nitrogen and oxygen atoms in total. The van der Waals surface area contributed by atoms with Crippen LogP contribution in [0.25, 0.3) is 0 Å². The topological polar surface area (TPSA) is 40.5 Å². The second-order valence-corrected chi connectivity index (χ2v) is 6.12. The van der Waals surface area contributed by atoms with Gasteiger partial charge in [0, 0.05) is 13.1 Å². The molecule has 5 heteroatoms. The molecule has 90 valence electrons. The molecule has 0 bridgehead atoms. The molecule has 1 unspecified atom stereocenters. The van der Waals surface area contributed by atoms with Crippen molar-refractivity contribution in [1.29, 1.82) is 0 Å². The zero-order chi connectivity index (χ0) is 12.1. The number of aliphatic carboxylic acids is 1. The van der Waals surface area contributed by atoms with Gasteiger partial charge in [-0.15, -0.1) is 11.3 Å². The predicted octanol–water partition coefficient (Wildman–Crippen LogP) is 3.05. The third-order valence-corrected chi connectivity index (χ3v) is 3.98. The van der Waals surface area contributed by atoms with Gasteiger partial charge in [-0.25, -0.2) is 0 Å². The lowest BCUT2D eigenvalue weighted by molar-refractivity contribution is -0.141. The quantitative estimate of drug-likeness (QED) is 0.878. The Hall–Kier alpha value is -0.390. The molecule has 16 heavy (non-hydrogen) atoms. The first-order valence-electron chi connectivity index (χ1n) is 5.21. The molecule has 0 fully saturated rings. The minimum atomic E-state index is -0.732. The van der Waals surface area contributed by atoms with Gasteiger partial charge in [0.1, 0.15) is 0 Å². The maximum absolute atomic E-state index is 10.8. The maximum Gasteiger partial charge on any atom is 0.307 e. The Bertz CT molecular complexity index is 354. The molecule has 0 spiro atoms. The summed E-state index contributed by atoms with van der Waals surface area (Å²) in [7, 11) is 0. The third kappa shape index (κ3) is 4.23. The van der Waals surface area contributed by atoms with Crippen molar-refractivity contribution in [3.8, 4) is 0 Å². The van der Waals surface area contributed by atoms with E-state index in [9.17, 15) is 4.79 Å². The monoisotopic (exact) mass is 305 g/mol. The van der Waals surface area contributed by atoms with E-state index in [2.05, 4.69) is 39.2 Å². The van der Waals surface area contributed by atoms with Crippen LogP contribution in [0.15, 0.2) is 15.2 Å². The number of nitrogens with zero attached hydrogens (tertiary/aromatic N) is 1. The average Bonchev–Trinajstić information content (AvgIpc) is 2.62. The number of hydrogen-bond acceptors (Lipinski definition) is 3. The first-order chi connectivity index (χ1) is 7.52. The van der Waals surface area contributed by atoms with Gasteiger partial charge in [-0.1, -0.05) is 13.8 Å². The fraction of sp³-hybridized carbons (Fsp3) is 0.545. The normalized spacial score (nSPS) is 13.0. The maximum atomic E-state index is 10.8. The summed E-state index contributed by atoms with van der Waals surface area (Å²) in [6, 6.07) is 2.08. The van der Waals surface area contributed by atoms with E-state index in [1.807, 2.05) is 0 Å². The summed E-state index contributed by atoms with van der Waals surface area (Å²) in [6.45, 7) is 6.07. The molecule has 1 atom stereocenters. The largest absolute Gasteiger partial charge is 0.481 e. The van der Waals surface area contributed by atoms with Gasteiger partial charge in [0.25, 0.3) is 0 Å². The minimum absolute atomic E-state index is 0.318. The smallest absolute Gasteiger partial charge is 0.307 e. The summed E-state index contributed by atoms with van der Waals surface area (Å²) >= 11 is 5.08. The van der Waals surface area contributed by atoms with Crippen molar-refractivity contribution < 1.29 is 9.90 Å². The van der Waals surface area contributed by atoms with Crippen LogP contribution in [0.1, 0.15) is 19.4 Å². The van der Waals surface area contributed by atoms with E-state index in [4.69, 9.17) is 5.11 Å². The van der Waals surface area contributed by atoms with E-state index in [1.165, 1.54) is 5.56 Å². The first kappa shape index (κ1) is 13.7. The van der Waals surface area contributed by atoms with Crippen LogP contribution >= 0.6 is 27.3 Å². The first-order valence-corrected chi connectivity index (χ1v) is 6.88. The molecule has 0 radical (unpaired) electrons. The van der Waals surface area contributed by atoms with E-state index in [1.54, 1.807) is 18.3 Å². The van der Waals surface area contributed by atoms with Crippen LogP contribution < -0.4 is 0 Å². The number of rotatable bonds is 6. The highest BCUT2D eigenvalue weighted by molar-refractivity contribution is 9.11.